The minimum atomic E-state index is -0.187. The van der Waals surface area contributed by atoms with Crippen molar-refractivity contribution in [2.45, 2.75) is 13.5 Å². The van der Waals surface area contributed by atoms with Gasteiger partial charge < -0.3 is 5.32 Å². The Kier molecular flexibility index (Phi) is 3.64. The zero-order chi connectivity index (χ0) is 14.7. The number of anilines is 1. The molecule has 0 aliphatic rings. The first-order chi connectivity index (χ1) is 10.2. The van der Waals surface area contributed by atoms with Crippen LogP contribution in [0.25, 0.3) is 5.82 Å². The Morgan fingerprint density at radius 3 is 2.86 bits per heavy atom. The van der Waals surface area contributed by atoms with Gasteiger partial charge in [0.2, 0.25) is 0 Å². The number of nitrogens with zero attached hydrogens (tertiary/aromatic N) is 3. The second-order valence-electron chi connectivity index (χ2n) is 4.76. The lowest BCUT2D eigenvalue weighted by atomic mass is 10.1. The maximum Gasteiger partial charge on any atom is 0.176 e. The maximum absolute atomic E-state index is 13.6. The van der Waals surface area contributed by atoms with Crippen LogP contribution in [0.4, 0.5) is 10.1 Å². The number of pyridine rings is 1. The summed E-state index contributed by atoms with van der Waals surface area (Å²) < 4.78 is 15.2. The van der Waals surface area contributed by atoms with Gasteiger partial charge in [-0.2, -0.15) is 5.10 Å². The van der Waals surface area contributed by atoms with Crippen molar-refractivity contribution in [1.29, 1.82) is 0 Å². The number of rotatable bonds is 4. The van der Waals surface area contributed by atoms with Crippen molar-refractivity contribution >= 4 is 5.69 Å². The number of aryl methyl sites for hydroxylation is 1. The van der Waals surface area contributed by atoms with Crippen molar-refractivity contribution in [2.24, 2.45) is 0 Å². The van der Waals surface area contributed by atoms with Crippen LogP contribution < -0.4 is 5.32 Å². The minimum absolute atomic E-state index is 0.187. The lowest BCUT2D eigenvalue weighted by molar-refractivity contribution is 0.616. The van der Waals surface area contributed by atoms with Crippen LogP contribution in [0.3, 0.4) is 0 Å². The van der Waals surface area contributed by atoms with Crippen LogP contribution in [0.15, 0.2) is 55.0 Å². The number of hydrogen-bond acceptors (Lipinski definition) is 3. The fraction of sp³-hybridized carbons (Fsp3) is 0.125. The molecule has 0 saturated heterocycles. The van der Waals surface area contributed by atoms with Gasteiger partial charge in [-0.1, -0.05) is 12.1 Å². The van der Waals surface area contributed by atoms with Gasteiger partial charge in [-0.15, -0.1) is 0 Å². The molecule has 1 aromatic carbocycles. The second-order valence-corrected chi connectivity index (χ2v) is 4.76. The van der Waals surface area contributed by atoms with E-state index >= 15 is 0 Å². The standard InChI is InChI=1S/C16H15FN4/c1-12-5-6-13(10-14(12)17)11-19-15-4-2-7-18-16(15)21-9-3-8-20-21/h2-10,19H,11H2,1H3. The third-order valence-corrected chi connectivity index (χ3v) is 3.23. The monoisotopic (exact) mass is 282 g/mol. The molecule has 3 aromatic rings. The molecule has 0 amide bonds. The van der Waals surface area contributed by atoms with Gasteiger partial charge in [0.1, 0.15) is 5.82 Å². The van der Waals surface area contributed by atoms with Gasteiger partial charge >= 0.3 is 0 Å². The molecule has 0 fully saturated rings. The third-order valence-electron chi connectivity index (χ3n) is 3.23. The lowest BCUT2D eigenvalue weighted by Crippen LogP contribution is -2.06. The smallest absolute Gasteiger partial charge is 0.176 e. The molecule has 0 bridgehead atoms. The number of nitrogens with one attached hydrogen (secondary N) is 1. The molecular formula is C16H15FN4. The van der Waals surface area contributed by atoms with E-state index in [-0.39, 0.29) is 5.82 Å². The zero-order valence-corrected chi connectivity index (χ0v) is 11.6. The van der Waals surface area contributed by atoms with Crippen LogP contribution in [0, 0.1) is 12.7 Å². The van der Waals surface area contributed by atoms with Gasteiger partial charge in [0, 0.05) is 25.1 Å². The van der Waals surface area contributed by atoms with E-state index in [1.165, 1.54) is 0 Å². The van der Waals surface area contributed by atoms with Crippen molar-refractivity contribution in [3.05, 3.63) is 71.9 Å². The van der Waals surface area contributed by atoms with Gasteiger partial charge in [0.25, 0.3) is 0 Å². The summed E-state index contributed by atoms with van der Waals surface area (Å²) in [5.41, 5.74) is 2.38. The Balaban J connectivity index is 1.81. The molecule has 2 aromatic heterocycles. The molecule has 0 radical (unpaired) electrons. The molecule has 3 rings (SSSR count). The van der Waals surface area contributed by atoms with Crippen molar-refractivity contribution in [1.82, 2.24) is 14.8 Å². The molecule has 4 nitrogen and oxygen atoms in total. The van der Waals surface area contributed by atoms with Gasteiger partial charge in [-0.25, -0.2) is 14.1 Å². The minimum Gasteiger partial charge on any atom is -0.378 e. The highest BCUT2D eigenvalue weighted by atomic mass is 19.1. The summed E-state index contributed by atoms with van der Waals surface area (Å²) in [6, 6.07) is 10.9. The van der Waals surface area contributed by atoms with Crippen LogP contribution in [0.1, 0.15) is 11.1 Å². The first-order valence-electron chi connectivity index (χ1n) is 6.68. The second kappa shape index (κ2) is 5.75. The average molecular weight is 282 g/mol. The Morgan fingerprint density at radius 2 is 2.10 bits per heavy atom. The predicted octanol–water partition coefficient (Wildman–Crippen LogP) is 3.33. The predicted molar refractivity (Wildman–Crippen MR) is 79.8 cm³/mol. The summed E-state index contributed by atoms with van der Waals surface area (Å²) >= 11 is 0. The first kappa shape index (κ1) is 13.3. The topological polar surface area (TPSA) is 42.7 Å². The molecular weight excluding hydrogens is 267 g/mol. The number of benzene rings is 1. The quantitative estimate of drug-likeness (QED) is 0.798. The molecule has 2 heterocycles. The SMILES string of the molecule is Cc1ccc(CNc2cccnc2-n2cccn2)cc1F. The number of aromatic nitrogens is 3. The molecule has 0 atom stereocenters. The van der Waals surface area contributed by atoms with Crippen molar-refractivity contribution in [3.63, 3.8) is 0 Å². The van der Waals surface area contributed by atoms with Gasteiger partial charge in [0.15, 0.2) is 5.82 Å². The molecule has 5 heteroatoms. The molecule has 1 N–H and O–H groups in total. The number of hydrogen-bond donors (Lipinski definition) is 1. The molecule has 0 unspecified atom stereocenters. The van der Waals surface area contributed by atoms with Crippen LogP contribution in [-0.4, -0.2) is 14.8 Å². The van der Waals surface area contributed by atoms with Crippen LogP contribution >= 0.6 is 0 Å². The molecule has 0 spiro atoms. The van der Waals surface area contributed by atoms with Crippen LogP contribution in [0.2, 0.25) is 0 Å². The van der Waals surface area contributed by atoms with Gasteiger partial charge in [-0.3, -0.25) is 0 Å². The van der Waals surface area contributed by atoms with Crippen molar-refractivity contribution < 1.29 is 4.39 Å². The summed E-state index contributed by atoms with van der Waals surface area (Å²) in [6.45, 7) is 2.28. The lowest BCUT2D eigenvalue weighted by Gasteiger charge is -2.11. The molecule has 0 aliphatic heterocycles. The highest BCUT2D eigenvalue weighted by molar-refractivity contribution is 5.56. The van der Waals surface area contributed by atoms with Gasteiger partial charge in [-0.05, 0) is 42.3 Å². The van der Waals surface area contributed by atoms with Crippen molar-refractivity contribution in [2.75, 3.05) is 5.32 Å². The summed E-state index contributed by atoms with van der Waals surface area (Å²) in [5, 5.41) is 7.46. The highest BCUT2D eigenvalue weighted by Crippen LogP contribution is 2.18. The van der Waals surface area contributed by atoms with Crippen molar-refractivity contribution in [3.8, 4) is 5.82 Å². The summed E-state index contributed by atoms with van der Waals surface area (Å²) in [7, 11) is 0. The summed E-state index contributed by atoms with van der Waals surface area (Å²) in [4.78, 5) is 4.33. The van der Waals surface area contributed by atoms with E-state index in [9.17, 15) is 4.39 Å². The van der Waals surface area contributed by atoms with Gasteiger partial charge in [0.05, 0.1) is 5.69 Å². The maximum atomic E-state index is 13.6. The Morgan fingerprint density at radius 1 is 1.19 bits per heavy atom. The summed E-state index contributed by atoms with van der Waals surface area (Å²) in [5.74, 6) is 0.530. The van der Waals surface area contributed by atoms with Crippen LogP contribution in [-0.2, 0) is 6.54 Å². The molecule has 21 heavy (non-hydrogen) atoms. The van der Waals surface area contributed by atoms with Crippen LogP contribution in [0.5, 0.6) is 0 Å². The normalized spacial score (nSPS) is 10.6. The first-order valence-corrected chi connectivity index (χ1v) is 6.68. The summed E-state index contributed by atoms with van der Waals surface area (Å²) in [6.07, 6.45) is 5.25. The van der Waals surface area contributed by atoms with E-state index < -0.39 is 0 Å². The Hall–Kier alpha value is -2.69. The molecule has 0 saturated carbocycles. The molecule has 0 aliphatic carbocycles. The Labute approximate surface area is 122 Å². The van der Waals surface area contributed by atoms with E-state index in [2.05, 4.69) is 15.4 Å². The highest BCUT2D eigenvalue weighted by Gasteiger charge is 2.06. The molecule has 106 valence electrons. The average Bonchev–Trinajstić information content (AvgIpc) is 3.03. The fourth-order valence-electron chi connectivity index (χ4n) is 2.06. The Bertz CT molecular complexity index is 738. The third kappa shape index (κ3) is 2.91. The fourth-order valence-corrected chi connectivity index (χ4v) is 2.06. The van der Waals surface area contributed by atoms with E-state index in [0.29, 0.717) is 12.1 Å². The number of halogens is 1. The largest absolute Gasteiger partial charge is 0.378 e. The van der Waals surface area contributed by atoms with E-state index in [4.69, 9.17) is 0 Å². The van der Waals surface area contributed by atoms with E-state index in [1.807, 2.05) is 30.5 Å². The van der Waals surface area contributed by atoms with E-state index in [1.54, 1.807) is 36.1 Å². The zero-order valence-electron chi connectivity index (χ0n) is 11.6. The van der Waals surface area contributed by atoms with E-state index in [0.717, 1.165) is 17.1 Å².